The van der Waals surface area contributed by atoms with Gasteiger partial charge in [0.1, 0.15) is 0 Å². The standard InChI is InChI=1S/C14H14ClN3O2/c15-11-9-10(16)4-5-12(11)17-13(19)6-8-18-7-2-1-3-14(18)20/h1-5,7,9H,6,8,16H2,(H,17,19). The van der Waals surface area contributed by atoms with E-state index in [1.807, 2.05) is 0 Å². The Balaban J connectivity index is 1.96. The molecular weight excluding hydrogens is 278 g/mol. The molecule has 0 unspecified atom stereocenters. The number of nitrogens with two attached hydrogens (primary N) is 1. The van der Waals surface area contributed by atoms with Gasteiger partial charge in [-0.3, -0.25) is 9.59 Å². The summed E-state index contributed by atoms with van der Waals surface area (Å²) in [7, 11) is 0. The molecule has 0 radical (unpaired) electrons. The summed E-state index contributed by atoms with van der Waals surface area (Å²) >= 11 is 5.97. The van der Waals surface area contributed by atoms with Crippen molar-refractivity contribution in [3.8, 4) is 0 Å². The van der Waals surface area contributed by atoms with E-state index in [0.29, 0.717) is 22.9 Å². The first-order chi connectivity index (χ1) is 9.56. The van der Waals surface area contributed by atoms with Gasteiger partial charge in [0.05, 0.1) is 10.7 Å². The van der Waals surface area contributed by atoms with Crippen LogP contribution in [0.15, 0.2) is 47.4 Å². The number of amides is 1. The maximum absolute atomic E-state index is 11.8. The smallest absolute Gasteiger partial charge is 0.250 e. The van der Waals surface area contributed by atoms with E-state index >= 15 is 0 Å². The molecule has 2 aromatic rings. The minimum Gasteiger partial charge on any atom is -0.399 e. The summed E-state index contributed by atoms with van der Waals surface area (Å²) < 4.78 is 1.48. The SMILES string of the molecule is Nc1ccc(NC(=O)CCn2ccccc2=O)c(Cl)c1. The maximum atomic E-state index is 11.8. The molecule has 0 fully saturated rings. The molecule has 5 nitrogen and oxygen atoms in total. The molecule has 0 aliphatic rings. The molecule has 3 N–H and O–H groups in total. The Morgan fingerprint density at radius 1 is 1.30 bits per heavy atom. The number of carbonyl (C=O) groups excluding carboxylic acids is 1. The number of nitrogen functional groups attached to an aromatic ring is 1. The third-order valence-electron chi connectivity index (χ3n) is 2.75. The number of anilines is 2. The van der Waals surface area contributed by atoms with Gasteiger partial charge in [-0.25, -0.2) is 0 Å². The van der Waals surface area contributed by atoms with E-state index < -0.39 is 0 Å². The van der Waals surface area contributed by atoms with Gasteiger partial charge in [-0.1, -0.05) is 17.7 Å². The molecular formula is C14H14ClN3O2. The fourth-order valence-corrected chi connectivity index (χ4v) is 1.95. The summed E-state index contributed by atoms with van der Waals surface area (Å²) in [6.07, 6.45) is 1.83. The highest BCUT2D eigenvalue weighted by atomic mass is 35.5. The van der Waals surface area contributed by atoms with Crippen LogP contribution in [0, 0.1) is 0 Å². The predicted molar refractivity (Wildman–Crippen MR) is 79.8 cm³/mol. The Morgan fingerprint density at radius 2 is 2.10 bits per heavy atom. The number of benzene rings is 1. The minimum absolute atomic E-state index is 0.134. The molecule has 104 valence electrons. The number of nitrogens with zero attached hydrogens (tertiary/aromatic N) is 1. The second-order valence-electron chi connectivity index (χ2n) is 4.27. The lowest BCUT2D eigenvalue weighted by molar-refractivity contribution is -0.116. The van der Waals surface area contributed by atoms with Crippen LogP contribution in [-0.2, 0) is 11.3 Å². The van der Waals surface area contributed by atoms with E-state index in [0.717, 1.165) is 0 Å². The molecule has 1 amide bonds. The van der Waals surface area contributed by atoms with Gasteiger partial charge in [0.15, 0.2) is 0 Å². The average molecular weight is 292 g/mol. The van der Waals surface area contributed by atoms with Crippen molar-refractivity contribution in [1.29, 1.82) is 0 Å². The van der Waals surface area contributed by atoms with Crippen molar-refractivity contribution in [2.24, 2.45) is 0 Å². The second kappa shape index (κ2) is 6.25. The molecule has 0 aliphatic heterocycles. The van der Waals surface area contributed by atoms with Crippen LogP contribution in [0.3, 0.4) is 0 Å². The zero-order chi connectivity index (χ0) is 14.5. The number of hydrogen-bond donors (Lipinski definition) is 2. The normalized spacial score (nSPS) is 10.2. The molecule has 0 bridgehead atoms. The van der Waals surface area contributed by atoms with Gasteiger partial charge < -0.3 is 15.6 Å². The molecule has 1 heterocycles. The van der Waals surface area contributed by atoms with Gasteiger partial charge in [-0.15, -0.1) is 0 Å². The fraction of sp³-hybridized carbons (Fsp3) is 0.143. The largest absolute Gasteiger partial charge is 0.399 e. The lowest BCUT2D eigenvalue weighted by atomic mass is 10.2. The molecule has 0 spiro atoms. The van der Waals surface area contributed by atoms with Crippen LogP contribution in [0.1, 0.15) is 6.42 Å². The average Bonchev–Trinajstić information content (AvgIpc) is 2.41. The van der Waals surface area contributed by atoms with E-state index in [1.54, 1.807) is 36.5 Å². The number of nitrogens with one attached hydrogen (secondary N) is 1. The van der Waals surface area contributed by atoms with Gasteiger partial charge in [-0.05, 0) is 24.3 Å². The van der Waals surface area contributed by atoms with E-state index in [-0.39, 0.29) is 17.9 Å². The van der Waals surface area contributed by atoms with Gasteiger partial charge in [0.25, 0.3) is 5.56 Å². The highest BCUT2D eigenvalue weighted by Crippen LogP contribution is 2.24. The Labute approximate surface area is 121 Å². The third kappa shape index (κ3) is 3.61. The molecule has 1 aromatic heterocycles. The zero-order valence-corrected chi connectivity index (χ0v) is 11.4. The molecule has 0 atom stereocenters. The summed E-state index contributed by atoms with van der Waals surface area (Å²) in [6, 6.07) is 9.73. The van der Waals surface area contributed by atoms with Crippen molar-refractivity contribution in [2.45, 2.75) is 13.0 Å². The van der Waals surface area contributed by atoms with Crippen molar-refractivity contribution in [3.05, 3.63) is 58.0 Å². The minimum atomic E-state index is -0.215. The fourth-order valence-electron chi connectivity index (χ4n) is 1.71. The number of aryl methyl sites for hydroxylation is 1. The van der Waals surface area contributed by atoms with E-state index in [9.17, 15) is 9.59 Å². The first kappa shape index (κ1) is 14.1. The Kier molecular flexibility index (Phi) is 4.42. The van der Waals surface area contributed by atoms with Crippen LogP contribution in [-0.4, -0.2) is 10.5 Å². The topological polar surface area (TPSA) is 77.1 Å². The number of hydrogen-bond acceptors (Lipinski definition) is 3. The van der Waals surface area contributed by atoms with Crippen LogP contribution in [0.5, 0.6) is 0 Å². The first-order valence-electron chi connectivity index (χ1n) is 6.06. The highest BCUT2D eigenvalue weighted by Gasteiger charge is 2.06. The molecule has 6 heteroatoms. The van der Waals surface area contributed by atoms with Crippen LogP contribution in [0.4, 0.5) is 11.4 Å². The van der Waals surface area contributed by atoms with Crippen molar-refractivity contribution < 1.29 is 4.79 Å². The number of rotatable bonds is 4. The molecule has 2 rings (SSSR count). The highest BCUT2D eigenvalue weighted by molar-refractivity contribution is 6.34. The lowest BCUT2D eigenvalue weighted by Crippen LogP contribution is -2.21. The summed E-state index contributed by atoms with van der Waals surface area (Å²) in [5, 5.41) is 3.07. The lowest BCUT2D eigenvalue weighted by Gasteiger charge is -2.08. The van der Waals surface area contributed by atoms with Crippen LogP contribution >= 0.6 is 11.6 Å². The number of pyridine rings is 1. The predicted octanol–water partition coefficient (Wildman–Crippen LogP) is 2.11. The summed E-state index contributed by atoms with van der Waals surface area (Å²) in [5.41, 5.74) is 6.48. The van der Waals surface area contributed by atoms with Crippen molar-refractivity contribution in [1.82, 2.24) is 4.57 Å². The van der Waals surface area contributed by atoms with Gasteiger partial charge in [-0.2, -0.15) is 0 Å². The van der Waals surface area contributed by atoms with Gasteiger partial charge >= 0.3 is 0 Å². The summed E-state index contributed by atoms with van der Waals surface area (Å²) in [6.45, 7) is 0.318. The molecule has 0 saturated carbocycles. The van der Waals surface area contributed by atoms with Crippen LogP contribution in [0.25, 0.3) is 0 Å². The van der Waals surface area contributed by atoms with Gasteiger partial charge in [0.2, 0.25) is 5.91 Å². The Hall–Kier alpha value is -2.27. The van der Waals surface area contributed by atoms with Crippen molar-refractivity contribution >= 4 is 28.9 Å². The molecule has 20 heavy (non-hydrogen) atoms. The monoisotopic (exact) mass is 291 g/mol. The Morgan fingerprint density at radius 3 is 2.80 bits per heavy atom. The van der Waals surface area contributed by atoms with E-state index in [4.69, 9.17) is 17.3 Å². The van der Waals surface area contributed by atoms with Gasteiger partial charge in [0, 0.05) is 30.9 Å². The second-order valence-corrected chi connectivity index (χ2v) is 4.68. The summed E-state index contributed by atoms with van der Waals surface area (Å²) in [5.74, 6) is -0.215. The first-order valence-corrected chi connectivity index (χ1v) is 6.44. The molecule has 1 aromatic carbocycles. The Bertz CT molecular complexity index is 682. The van der Waals surface area contributed by atoms with E-state index in [1.165, 1.54) is 10.6 Å². The zero-order valence-electron chi connectivity index (χ0n) is 10.7. The number of aromatic nitrogens is 1. The number of carbonyl (C=O) groups is 1. The third-order valence-corrected chi connectivity index (χ3v) is 3.06. The van der Waals surface area contributed by atoms with Crippen molar-refractivity contribution in [3.63, 3.8) is 0 Å². The molecule has 0 aliphatic carbocycles. The van der Waals surface area contributed by atoms with Crippen LogP contribution < -0.4 is 16.6 Å². The maximum Gasteiger partial charge on any atom is 0.250 e. The van der Waals surface area contributed by atoms with E-state index in [2.05, 4.69) is 5.32 Å². The quantitative estimate of drug-likeness (QED) is 0.847. The summed E-state index contributed by atoms with van der Waals surface area (Å²) in [4.78, 5) is 23.3. The van der Waals surface area contributed by atoms with Crippen molar-refractivity contribution in [2.75, 3.05) is 11.1 Å². The number of halogens is 1. The molecule has 0 saturated heterocycles. The van der Waals surface area contributed by atoms with Crippen LogP contribution in [0.2, 0.25) is 5.02 Å².